The van der Waals surface area contributed by atoms with Crippen molar-refractivity contribution in [2.24, 2.45) is 5.92 Å². The van der Waals surface area contributed by atoms with Gasteiger partial charge in [-0.2, -0.15) is 9.50 Å². The van der Waals surface area contributed by atoms with Gasteiger partial charge in [0.15, 0.2) is 17.3 Å². The van der Waals surface area contributed by atoms with Gasteiger partial charge < -0.3 is 14.2 Å². The Labute approximate surface area is 195 Å². The van der Waals surface area contributed by atoms with Crippen LogP contribution in [-0.4, -0.2) is 34.9 Å². The van der Waals surface area contributed by atoms with E-state index in [0.717, 1.165) is 16.9 Å². The third-order valence-electron chi connectivity index (χ3n) is 4.72. The van der Waals surface area contributed by atoms with E-state index in [2.05, 4.69) is 30.5 Å². The van der Waals surface area contributed by atoms with E-state index in [1.54, 1.807) is 13.2 Å². The Morgan fingerprint density at radius 3 is 2.58 bits per heavy atom. The minimum atomic E-state index is -0.209. The maximum absolute atomic E-state index is 12.9. The average Bonchev–Trinajstić information content (AvgIpc) is 3.36. The fourth-order valence-corrected chi connectivity index (χ4v) is 4.02. The molecule has 2 heterocycles. The van der Waals surface area contributed by atoms with E-state index < -0.39 is 0 Å². The van der Waals surface area contributed by atoms with Gasteiger partial charge >= 0.3 is 0 Å². The third kappa shape index (κ3) is 5.06. The van der Waals surface area contributed by atoms with Gasteiger partial charge in [0.1, 0.15) is 12.4 Å². The van der Waals surface area contributed by atoms with Crippen LogP contribution in [-0.2, 0) is 0 Å². The van der Waals surface area contributed by atoms with Gasteiger partial charge in [-0.3, -0.25) is 4.79 Å². The average molecular weight is 464 g/mol. The molecule has 7 nitrogen and oxygen atoms in total. The van der Waals surface area contributed by atoms with Gasteiger partial charge in [0, 0.05) is 5.56 Å². The molecule has 0 spiro atoms. The highest BCUT2D eigenvalue weighted by Crippen LogP contribution is 2.29. The summed E-state index contributed by atoms with van der Waals surface area (Å²) in [5.41, 5.74) is 1.43. The third-order valence-corrected chi connectivity index (χ3v) is 5.68. The maximum atomic E-state index is 12.9. The zero-order valence-electron chi connectivity index (χ0n) is 18.8. The quantitative estimate of drug-likeness (QED) is 0.350. The summed E-state index contributed by atoms with van der Waals surface area (Å²) in [5.74, 6) is 2.94. The van der Waals surface area contributed by atoms with Crippen molar-refractivity contribution in [3.05, 3.63) is 75.6 Å². The molecule has 33 heavy (non-hydrogen) atoms. The highest BCUT2D eigenvalue weighted by atomic mass is 32.1. The molecule has 0 aliphatic rings. The minimum absolute atomic E-state index is 0.209. The van der Waals surface area contributed by atoms with Gasteiger partial charge in [0.2, 0.25) is 4.96 Å². The highest BCUT2D eigenvalue weighted by molar-refractivity contribution is 7.15. The Morgan fingerprint density at radius 2 is 1.91 bits per heavy atom. The number of rotatable bonds is 9. The number of ether oxygens (including phenoxy) is 3. The van der Waals surface area contributed by atoms with Crippen LogP contribution in [0, 0.1) is 5.92 Å². The first kappa shape index (κ1) is 22.5. The molecule has 0 saturated heterocycles. The Bertz CT molecular complexity index is 1370. The molecular weight excluding hydrogens is 438 g/mol. The van der Waals surface area contributed by atoms with Crippen LogP contribution in [0.1, 0.15) is 19.4 Å². The second-order valence-electron chi connectivity index (χ2n) is 7.78. The molecule has 2 aromatic heterocycles. The number of benzene rings is 2. The highest BCUT2D eigenvalue weighted by Gasteiger charge is 2.13. The van der Waals surface area contributed by atoms with Crippen LogP contribution in [0.2, 0.25) is 0 Å². The van der Waals surface area contributed by atoms with Crippen molar-refractivity contribution in [1.29, 1.82) is 0 Å². The number of methoxy groups -OCH3 is 1. The first-order valence-electron chi connectivity index (χ1n) is 10.5. The van der Waals surface area contributed by atoms with Crippen molar-refractivity contribution >= 4 is 22.4 Å². The summed E-state index contributed by atoms with van der Waals surface area (Å²) in [7, 11) is 1.60. The Morgan fingerprint density at radius 1 is 1.12 bits per heavy atom. The van der Waals surface area contributed by atoms with Gasteiger partial charge in [-0.15, -0.1) is 5.10 Å². The van der Waals surface area contributed by atoms with E-state index in [4.69, 9.17) is 14.2 Å². The first-order chi connectivity index (χ1) is 16.0. The Hall–Kier alpha value is -3.65. The molecule has 4 rings (SSSR count). The van der Waals surface area contributed by atoms with E-state index >= 15 is 0 Å². The predicted molar refractivity (Wildman–Crippen MR) is 130 cm³/mol. The number of fused-ring (bicyclic) bond motifs is 1. The summed E-state index contributed by atoms with van der Waals surface area (Å²) in [6.07, 6.45) is 3.50. The summed E-state index contributed by atoms with van der Waals surface area (Å²) < 4.78 is 18.6. The van der Waals surface area contributed by atoms with E-state index in [0.29, 0.717) is 45.9 Å². The zero-order valence-corrected chi connectivity index (χ0v) is 19.6. The normalized spacial score (nSPS) is 11.8. The molecule has 0 aliphatic heterocycles. The smallest absolute Gasteiger partial charge is 0.291 e. The van der Waals surface area contributed by atoms with Crippen molar-refractivity contribution in [3.63, 3.8) is 0 Å². The fourth-order valence-electron chi connectivity index (χ4n) is 3.11. The molecule has 0 saturated carbocycles. The molecule has 0 radical (unpaired) electrons. The van der Waals surface area contributed by atoms with Crippen molar-refractivity contribution < 1.29 is 14.2 Å². The zero-order chi connectivity index (χ0) is 23.4. The lowest BCUT2D eigenvalue weighted by Crippen LogP contribution is -2.23. The number of hydrogen-bond donors (Lipinski definition) is 0. The summed E-state index contributed by atoms with van der Waals surface area (Å²) in [6, 6.07) is 13.0. The summed E-state index contributed by atoms with van der Waals surface area (Å²) in [6.45, 7) is 8.85. The van der Waals surface area contributed by atoms with E-state index in [1.165, 1.54) is 15.9 Å². The molecule has 0 amide bonds. The molecule has 0 atom stereocenters. The first-order valence-corrected chi connectivity index (χ1v) is 11.4. The standard InChI is InChI=1S/C25H25N3O4S/c1-5-12-31-19-9-7-18(8-10-19)23-26-25-28(27-23)24(29)22(33-25)14-17-6-11-20(21(13-17)30-4)32-15-16(2)3/h5-11,13-14,16H,1,12,15H2,2-4H3/b22-14+. The largest absolute Gasteiger partial charge is 0.493 e. The topological polar surface area (TPSA) is 75.0 Å². The van der Waals surface area contributed by atoms with Gasteiger partial charge in [0.25, 0.3) is 5.56 Å². The summed E-state index contributed by atoms with van der Waals surface area (Å²) in [4.78, 5) is 18.0. The monoisotopic (exact) mass is 463 g/mol. The second-order valence-corrected chi connectivity index (χ2v) is 8.79. The number of hydrogen-bond acceptors (Lipinski definition) is 7. The van der Waals surface area contributed by atoms with Crippen LogP contribution in [0.3, 0.4) is 0 Å². The lowest BCUT2D eigenvalue weighted by atomic mass is 10.2. The van der Waals surface area contributed by atoms with Crippen LogP contribution < -0.4 is 24.3 Å². The van der Waals surface area contributed by atoms with Gasteiger partial charge in [0.05, 0.1) is 18.2 Å². The molecule has 0 fully saturated rings. The van der Waals surface area contributed by atoms with Crippen molar-refractivity contribution in [2.75, 3.05) is 20.3 Å². The van der Waals surface area contributed by atoms with Gasteiger partial charge in [-0.05, 0) is 54.0 Å². The van der Waals surface area contributed by atoms with Gasteiger partial charge in [-0.1, -0.05) is 43.9 Å². The Kier molecular flexibility index (Phi) is 6.74. The number of thiazole rings is 1. The maximum Gasteiger partial charge on any atom is 0.291 e. The molecule has 8 heteroatoms. The molecular formula is C25H25N3O4S. The fraction of sp³-hybridized carbons (Fsp3) is 0.240. The van der Waals surface area contributed by atoms with Gasteiger partial charge in [-0.25, -0.2) is 0 Å². The molecule has 2 aromatic carbocycles. The van der Waals surface area contributed by atoms with Crippen molar-refractivity contribution in [2.45, 2.75) is 13.8 Å². The van der Waals surface area contributed by atoms with Crippen LogP contribution in [0.4, 0.5) is 0 Å². The van der Waals surface area contributed by atoms with E-state index in [9.17, 15) is 4.79 Å². The molecule has 0 N–H and O–H groups in total. The van der Waals surface area contributed by atoms with Crippen LogP contribution in [0.5, 0.6) is 17.2 Å². The van der Waals surface area contributed by atoms with Crippen LogP contribution in [0.25, 0.3) is 22.4 Å². The summed E-state index contributed by atoms with van der Waals surface area (Å²) in [5, 5.41) is 4.41. The lowest BCUT2D eigenvalue weighted by molar-refractivity contribution is 0.257. The molecule has 0 unspecified atom stereocenters. The number of nitrogens with zero attached hydrogens (tertiary/aromatic N) is 3. The minimum Gasteiger partial charge on any atom is -0.493 e. The molecule has 4 aromatic rings. The predicted octanol–water partition coefficient (Wildman–Crippen LogP) is 3.97. The number of aromatic nitrogens is 3. The van der Waals surface area contributed by atoms with Crippen LogP contribution in [0.15, 0.2) is 59.9 Å². The summed E-state index contributed by atoms with van der Waals surface area (Å²) >= 11 is 1.29. The molecule has 170 valence electrons. The van der Waals surface area contributed by atoms with Crippen molar-refractivity contribution in [3.8, 4) is 28.6 Å². The second kappa shape index (κ2) is 9.87. The Balaban J connectivity index is 1.61. The SMILES string of the molecule is C=CCOc1ccc(-c2nc3s/c(=C/c4ccc(OCC(C)C)c(OC)c4)c(=O)n3n2)cc1. The van der Waals surface area contributed by atoms with E-state index in [1.807, 2.05) is 48.5 Å². The van der Waals surface area contributed by atoms with Crippen LogP contribution >= 0.6 is 11.3 Å². The van der Waals surface area contributed by atoms with Crippen molar-refractivity contribution in [1.82, 2.24) is 14.6 Å². The van der Waals surface area contributed by atoms with E-state index in [-0.39, 0.29) is 5.56 Å². The lowest BCUT2D eigenvalue weighted by Gasteiger charge is -2.12. The molecule has 0 aliphatic carbocycles. The molecule has 0 bridgehead atoms.